The molecule has 3 heterocycles. The molecule has 10 heteroatoms. The Morgan fingerprint density at radius 2 is 2.21 bits per heavy atom. The highest BCUT2D eigenvalue weighted by Crippen LogP contribution is 2.25. The second kappa shape index (κ2) is 8.36. The second-order valence-corrected chi connectivity index (χ2v) is 5.18. The first-order valence-corrected chi connectivity index (χ1v) is 6.87. The number of alkyl halides is 2. The Hall–Kier alpha value is -1.77. The van der Waals surface area contributed by atoms with E-state index in [2.05, 4.69) is 20.7 Å². The van der Waals surface area contributed by atoms with Gasteiger partial charge in [-0.15, -0.1) is 24.8 Å². The molecule has 0 radical (unpaired) electrons. The third kappa shape index (κ3) is 4.86. The van der Waals surface area contributed by atoms with Gasteiger partial charge in [0.2, 0.25) is 5.91 Å². The monoisotopic (exact) mass is 379 g/mol. The Balaban J connectivity index is 0.00000144. The fourth-order valence-electron chi connectivity index (χ4n) is 2.31. The summed E-state index contributed by atoms with van der Waals surface area (Å²) >= 11 is 0. The normalized spacial score (nSPS) is 18.3. The molecule has 1 aliphatic rings. The van der Waals surface area contributed by atoms with Crippen molar-refractivity contribution in [1.82, 2.24) is 25.4 Å². The molecule has 0 saturated carbocycles. The van der Waals surface area contributed by atoms with Crippen molar-refractivity contribution < 1.29 is 13.6 Å². The number of halogens is 4. The first-order chi connectivity index (χ1) is 10.5. The molecule has 24 heavy (non-hydrogen) atoms. The molecule has 0 aliphatic carbocycles. The fraction of sp³-hybridized carbons (Fsp3) is 0.357. The molecule has 0 bridgehead atoms. The number of hydrogen-bond acceptors (Lipinski definition) is 4. The van der Waals surface area contributed by atoms with Crippen molar-refractivity contribution in [3.05, 3.63) is 42.4 Å². The molecule has 1 amide bonds. The number of nitrogens with one attached hydrogen (secondary N) is 2. The van der Waals surface area contributed by atoms with Crippen LogP contribution in [0.1, 0.15) is 12.0 Å². The molecule has 1 atom stereocenters. The Labute approximate surface area is 149 Å². The van der Waals surface area contributed by atoms with Gasteiger partial charge in [0.25, 0.3) is 5.92 Å². The van der Waals surface area contributed by atoms with Crippen LogP contribution in [0, 0.1) is 0 Å². The highest BCUT2D eigenvalue weighted by molar-refractivity contribution is 5.85. The number of pyridine rings is 1. The topological polar surface area (TPSA) is 71.8 Å². The molecule has 0 aromatic carbocycles. The standard InChI is InChI=1S/C14H15F2N5O.2ClH/c15-14(16)7-11(19-9-14)13(22)18-8-10-2-4-17-12(6-10)21-5-1-3-20-21;;/h1-6,11,19H,7-9H2,(H,18,22);2*1H. The minimum atomic E-state index is -2.81. The van der Waals surface area contributed by atoms with E-state index in [1.54, 1.807) is 41.5 Å². The van der Waals surface area contributed by atoms with Gasteiger partial charge >= 0.3 is 0 Å². The maximum absolute atomic E-state index is 13.1. The number of rotatable bonds is 4. The van der Waals surface area contributed by atoms with E-state index >= 15 is 0 Å². The Kier molecular flexibility index (Phi) is 7.07. The van der Waals surface area contributed by atoms with E-state index in [9.17, 15) is 13.6 Å². The van der Waals surface area contributed by atoms with Gasteiger partial charge in [0, 0.05) is 31.6 Å². The lowest BCUT2D eigenvalue weighted by Crippen LogP contribution is -2.40. The summed E-state index contributed by atoms with van der Waals surface area (Å²) in [6.45, 7) is -0.205. The Bertz CT molecular complexity index is 669. The number of hydrogen-bond donors (Lipinski definition) is 2. The molecule has 1 aliphatic heterocycles. The molecule has 1 unspecified atom stereocenters. The summed E-state index contributed by atoms with van der Waals surface area (Å²) in [5.74, 6) is -2.61. The lowest BCUT2D eigenvalue weighted by Gasteiger charge is -2.11. The van der Waals surface area contributed by atoms with Gasteiger partial charge in [-0.3, -0.25) is 10.1 Å². The van der Waals surface area contributed by atoms with Gasteiger partial charge < -0.3 is 5.32 Å². The number of nitrogens with zero attached hydrogens (tertiary/aromatic N) is 3. The van der Waals surface area contributed by atoms with E-state index in [-0.39, 0.29) is 31.4 Å². The predicted octanol–water partition coefficient (Wildman–Crippen LogP) is 1.72. The summed E-state index contributed by atoms with van der Waals surface area (Å²) < 4.78 is 27.7. The van der Waals surface area contributed by atoms with Crippen molar-refractivity contribution in [3.63, 3.8) is 0 Å². The molecular formula is C14H17Cl2F2N5O. The summed E-state index contributed by atoms with van der Waals surface area (Å²) in [5.41, 5.74) is 0.818. The van der Waals surface area contributed by atoms with Crippen molar-refractivity contribution in [2.24, 2.45) is 0 Å². The van der Waals surface area contributed by atoms with Gasteiger partial charge in [-0.05, 0) is 23.8 Å². The van der Waals surface area contributed by atoms with Crippen LogP contribution in [-0.4, -0.2) is 39.2 Å². The predicted molar refractivity (Wildman–Crippen MR) is 89.1 cm³/mol. The summed E-state index contributed by atoms with van der Waals surface area (Å²) in [7, 11) is 0. The van der Waals surface area contributed by atoms with E-state index in [0.29, 0.717) is 5.82 Å². The molecule has 0 spiro atoms. The van der Waals surface area contributed by atoms with Crippen molar-refractivity contribution in [2.75, 3.05) is 6.54 Å². The molecule has 3 rings (SSSR count). The summed E-state index contributed by atoms with van der Waals surface area (Å²) in [5, 5.41) is 9.26. The highest BCUT2D eigenvalue weighted by atomic mass is 35.5. The molecule has 2 aromatic heterocycles. The van der Waals surface area contributed by atoms with Gasteiger partial charge in [0.15, 0.2) is 5.82 Å². The van der Waals surface area contributed by atoms with Gasteiger partial charge in [-0.2, -0.15) is 5.10 Å². The molecule has 132 valence electrons. The smallest absolute Gasteiger partial charge is 0.262 e. The molecular weight excluding hydrogens is 363 g/mol. The molecule has 6 nitrogen and oxygen atoms in total. The molecule has 1 saturated heterocycles. The zero-order valence-electron chi connectivity index (χ0n) is 12.5. The Morgan fingerprint density at radius 1 is 1.42 bits per heavy atom. The zero-order chi connectivity index (χ0) is 15.6. The van der Waals surface area contributed by atoms with Crippen molar-refractivity contribution in [1.29, 1.82) is 0 Å². The van der Waals surface area contributed by atoms with E-state index in [4.69, 9.17) is 0 Å². The van der Waals surface area contributed by atoms with Crippen LogP contribution in [-0.2, 0) is 11.3 Å². The summed E-state index contributed by atoms with van der Waals surface area (Å²) in [6, 6.07) is 4.47. The lowest BCUT2D eigenvalue weighted by molar-refractivity contribution is -0.123. The lowest BCUT2D eigenvalue weighted by atomic mass is 10.2. The number of carbonyl (C=O) groups excluding carboxylic acids is 1. The van der Waals surface area contributed by atoms with E-state index in [1.165, 1.54) is 0 Å². The van der Waals surface area contributed by atoms with Crippen LogP contribution in [0.3, 0.4) is 0 Å². The average molecular weight is 380 g/mol. The minimum absolute atomic E-state index is 0. The number of amides is 1. The van der Waals surface area contributed by atoms with Crippen LogP contribution >= 0.6 is 24.8 Å². The fourth-order valence-corrected chi connectivity index (χ4v) is 2.31. The minimum Gasteiger partial charge on any atom is -0.351 e. The van der Waals surface area contributed by atoms with Crippen LogP contribution < -0.4 is 10.6 Å². The second-order valence-electron chi connectivity index (χ2n) is 5.18. The maximum Gasteiger partial charge on any atom is 0.262 e. The highest BCUT2D eigenvalue weighted by Gasteiger charge is 2.42. The van der Waals surface area contributed by atoms with E-state index < -0.39 is 30.8 Å². The average Bonchev–Trinajstić information content (AvgIpc) is 3.14. The quantitative estimate of drug-likeness (QED) is 0.848. The Morgan fingerprint density at radius 3 is 2.83 bits per heavy atom. The number of carbonyl (C=O) groups is 1. The van der Waals surface area contributed by atoms with Crippen molar-refractivity contribution >= 4 is 30.7 Å². The SMILES string of the molecule is Cl.Cl.O=C(NCc1ccnc(-n2cccn2)c1)C1CC(F)(F)CN1. The summed E-state index contributed by atoms with van der Waals surface area (Å²) in [6.07, 6.45) is 4.55. The largest absolute Gasteiger partial charge is 0.351 e. The third-order valence-electron chi connectivity index (χ3n) is 3.44. The first kappa shape index (κ1) is 20.3. The van der Waals surface area contributed by atoms with Gasteiger partial charge in [-0.1, -0.05) is 0 Å². The number of aromatic nitrogens is 3. The van der Waals surface area contributed by atoms with Crippen LogP contribution in [0.5, 0.6) is 0 Å². The van der Waals surface area contributed by atoms with Crippen LogP contribution in [0.25, 0.3) is 5.82 Å². The van der Waals surface area contributed by atoms with E-state index in [1.807, 2.05) is 0 Å². The zero-order valence-corrected chi connectivity index (χ0v) is 14.1. The van der Waals surface area contributed by atoms with Crippen LogP contribution in [0.4, 0.5) is 8.78 Å². The van der Waals surface area contributed by atoms with Crippen LogP contribution in [0.2, 0.25) is 0 Å². The first-order valence-electron chi connectivity index (χ1n) is 6.87. The summed E-state index contributed by atoms with van der Waals surface area (Å²) in [4.78, 5) is 16.1. The van der Waals surface area contributed by atoms with Gasteiger partial charge in [0.1, 0.15) is 0 Å². The molecule has 1 fully saturated rings. The molecule has 2 N–H and O–H groups in total. The van der Waals surface area contributed by atoms with Gasteiger partial charge in [0.05, 0.1) is 12.6 Å². The van der Waals surface area contributed by atoms with Crippen molar-refractivity contribution in [2.45, 2.75) is 24.9 Å². The maximum atomic E-state index is 13.1. The molecule has 2 aromatic rings. The van der Waals surface area contributed by atoms with Crippen molar-refractivity contribution in [3.8, 4) is 5.82 Å². The van der Waals surface area contributed by atoms with E-state index in [0.717, 1.165) is 5.56 Å². The van der Waals surface area contributed by atoms with Gasteiger partial charge in [-0.25, -0.2) is 18.4 Å². The van der Waals surface area contributed by atoms with Crippen LogP contribution in [0.15, 0.2) is 36.8 Å². The third-order valence-corrected chi connectivity index (χ3v) is 3.44.